The van der Waals surface area contributed by atoms with Crippen molar-refractivity contribution in [2.24, 2.45) is 0 Å². The summed E-state index contributed by atoms with van der Waals surface area (Å²) in [4.78, 5) is 10.8. The highest BCUT2D eigenvalue weighted by Gasteiger charge is 2.26. The molecule has 1 rings (SSSR count). The van der Waals surface area contributed by atoms with E-state index in [0.29, 0.717) is 18.6 Å². The fourth-order valence-corrected chi connectivity index (χ4v) is 0.990. The molecule has 4 heteroatoms. The molecule has 1 heterocycles. The van der Waals surface area contributed by atoms with Crippen LogP contribution in [0, 0.1) is 0 Å². The summed E-state index contributed by atoms with van der Waals surface area (Å²) in [6.07, 6.45) is 0.378. The number of esters is 1. The topological polar surface area (TPSA) is 44.8 Å². The number of carbonyl (C=O) groups is 1. The van der Waals surface area contributed by atoms with Gasteiger partial charge in [0.15, 0.2) is 0 Å². The third kappa shape index (κ3) is 2.32. The molecule has 1 atom stereocenters. The van der Waals surface area contributed by atoms with Gasteiger partial charge in [-0.3, -0.25) is 0 Å². The van der Waals surface area contributed by atoms with Gasteiger partial charge in [-0.25, -0.2) is 4.79 Å². The molecular formula is C8H12O4. The van der Waals surface area contributed by atoms with E-state index >= 15 is 0 Å². The zero-order valence-electron chi connectivity index (χ0n) is 7.04. The van der Waals surface area contributed by atoms with Crippen molar-refractivity contribution >= 4 is 5.97 Å². The molecule has 68 valence electrons. The van der Waals surface area contributed by atoms with Crippen LogP contribution in [-0.4, -0.2) is 32.6 Å². The minimum atomic E-state index is -0.319. The Balaban J connectivity index is 2.19. The van der Waals surface area contributed by atoms with Gasteiger partial charge in [-0.05, 0) is 0 Å². The number of hydrogen-bond acceptors (Lipinski definition) is 4. The fourth-order valence-electron chi connectivity index (χ4n) is 0.990. The van der Waals surface area contributed by atoms with Gasteiger partial charge in [-0.2, -0.15) is 0 Å². The van der Waals surface area contributed by atoms with E-state index in [1.165, 1.54) is 0 Å². The molecule has 0 spiro atoms. The van der Waals surface area contributed by atoms with Crippen LogP contribution in [0.4, 0.5) is 0 Å². The Hall–Kier alpha value is -0.870. The Morgan fingerprint density at radius 2 is 2.50 bits per heavy atom. The van der Waals surface area contributed by atoms with Gasteiger partial charge in [0.1, 0.15) is 12.9 Å². The van der Waals surface area contributed by atoms with E-state index in [9.17, 15) is 4.79 Å². The van der Waals surface area contributed by atoms with Gasteiger partial charge in [0.2, 0.25) is 0 Å². The lowest BCUT2D eigenvalue weighted by Crippen LogP contribution is -2.15. The molecule has 4 nitrogen and oxygen atoms in total. The molecule has 0 aromatic carbocycles. The Bertz CT molecular complexity index is 171. The third-order valence-corrected chi connectivity index (χ3v) is 1.54. The van der Waals surface area contributed by atoms with E-state index < -0.39 is 0 Å². The van der Waals surface area contributed by atoms with Crippen molar-refractivity contribution in [2.45, 2.75) is 12.5 Å². The highest BCUT2D eigenvalue weighted by molar-refractivity contribution is 5.89. The lowest BCUT2D eigenvalue weighted by atomic mass is 10.2. The van der Waals surface area contributed by atoms with Crippen molar-refractivity contribution in [2.75, 3.05) is 20.5 Å². The van der Waals surface area contributed by atoms with Crippen LogP contribution in [0.25, 0.3) is 0 Å². The first-order chi connectivity index (χ1) is 5.74. The van der Waals surface area contributed by atoms with Gasteiger partial charge in [0.05, 0.1) is 6.61 Å². The van der Waals surface area contributed by atoms with Gasteiger partial charge in [0.25, 0.3) is 0 Å². The van der Waals surface area contributed by atoms with E-state index in [4.69, 9.17) is 9.47 Å². The molecule has 1 saturated heterocycles. The van der Waals surface area contributed by atoms with Gasteiger partial charge >= 0.3 is 5.97 Å². The summed E-state index contributed by atoms with van der Waals surface area (Å²) in [5, 5.41) is 0. The van der Waals surface area contributed by atoms with E-state index in [0.717, 1.165) is 0 Å². The third-order valence-electron chi connectivity index (χ3n) is 1.54. The number of cyclic esters (lactones) is 1. The Labute approximate surface area is 71.1 Å². The molecule has 0 bridgehead atoms. The summed E-state index contributed by atoms with van der Waals surface area (Å²) in [6.45, 7) is 4.15. The van der Waals surface area contributed by atoms with Crippen LogP contribution >= 0.6 is 0 Å². The SMILES string of the molecule is C=C1CC(COCOC)OC1=O. The zero-order valence-corrected chi connectivity index (χ0v) is 7.04. The minimum absolute atomic E-state index is 0.180. The number of hydrogen-bond donors (Lipinski definition) is 0. The molecule has 1 fully saturated rings. The second kappa shape index (κ2) is 4.23. The van der Waals surface area contributed by atoms with Gasteiger partial charge in [-0.1, -0.05) is 6.58 Å². The van der Waals surface area contributed by atoms with Crippen molar-refractivity contribution in [3.63, 3.8) is 0 Å². The van der Waals surface area contributed by atoms with Crippen LogP contribution in [0.5, 0.6) is 0 Å². The summed E-state index contributed by atoms with van der Waals surface area (Å²) in [5.74, 6) is -0.319. The molecule has 1 unspecified atom stereocenters. The standard InChI is InChI=1S/C8H12O4/c1-6-3-7(12-8(6)9)4-11-5-10-2/h7H,1,3-5H2,2H3. The predicted molar refractivity (Wildman–Crippen MR) is 41.5 cm³/mol. The molecule has 1 aliphatic rings. The molecule has 0 radical (unpaired) electrons. The second-order valence-electron chi connectivity index (χ2n) is 2.61. The highest BCUT2D eigenvalue weighted by atomic mass is 16.7. The fraction of sp³-hybridized carbons (Fsp3) is 0.625. The number of ether oxygens (including phenoxy) is 3. The smallest absolute Gasteiger partial charge is 0.333 e. The largest absolute Gasteiger partial charge is 0.456 e. The Morgan fingerprint density at radius 3 is 3.00 bits per heavy atom. The Kier molecular flexibility index (Phi) is 3.25. The first-order valence-electron chi connectivity index (χ1n) is 3.69. The number of rotatable bonds is 4. The van der Waals surface area contributed by atoms with Crippen molar-refractivity contribution in [3.05, 3.63) is 12.2 Å². The van der Waals surface area contributed by atoms with Crippen LogP contribution in [0.1, 0.15) is 6.42 Å². The first kappa shape index (κ1) is 9.22. The van der Waals surface area contributed by atoms with E-state index in [1.807, 2.05) is 0 Å². The molecule has 12 heavy (non-hydrogen) atoms. The van der Waals surface area contributed by atoms with Gasteiger partial charge in [0, 0.05) is 19.1 Å². The van der Waals surface area contributed by atoms with Crippen molar-refractivity contribution in [1.82, 2.24) is 0 Å². The molecule has 1 aliphatic heterocycles. The summed E-state index contributed by atoms with van der Waals surface area (Å²) >= 11 is 0. The van der Waals surface area contributed by atoms with Crippen LogP contribution < -0.4 is 0 Å². The van der Waals surface area contributed by atoms with Crippen LogP contribution in [0.15, 0.2) is 12.2 Å². The first-order valence-corrected chi connectivity index (χ1v) is 3.69. The molecule has 0 amide bonds. The molecule has 0 saturated carbocycles. The number of carbonyl (C=O) groups excluding carboxylic acids is 1. The summed E-state index contributed by atoms with van der Waals surface area (Å²) in [7, 11) is 1.54. The van der Waals surface area contributed by atoms with Gasteiger partial charge < -0.3 is 14.2 Å². The summed E-state index contributed by atoms with van der Waals surface area (Å²) in [6, 6.07) is 0. The maximum absolute atomic E-state index is 10.8. The molecular weight excluding hydrogens is 160 g/mol. The lowest BCUT2D eigenvalue weighted by Gasteiger charge is -2.07. The van der Waals surface area contributed by atoms with Crippen LogP contribution in [-0.2, 0) is 19.0 Å². The molecule has 0 aromatic rings. The highest BCUT2D eigenvalue weighted by Crippen LogP contribution is 2.18. The molecule has 0 aromatic heterocycles. The van der Waals surface area contributed by atoms with Gasteiger partial charge in [-0.15, -0.1) is 0 Å². The molecule has 0 aliphatic carbocycles. The van der Waals surface area contributed by atoms with E-state index in [1.54, 1.807) is 7.11 Å². The van der Waals surface area contributed by atoms with E-state index in [-0.39, 0.29) is 18.9 Å². The minimum Gasteiger partial charge on any atom is -0.456 e. The van der Waals surface area contributed by atoms with Crippen molar-refractivity contribution < 1.29 is 19.0 Å². The van der Waals surface area contributed by atoms with Crippen molar-refractivity contribution in [3.8, 4) is 0 Å². The number of methoxy groups -OCH3 is 1. The molecule has 0 N–H and O–H groups in total. The van der Waals surface area contributed by atoms with Crippen LogP contribution in [0.2, 0.25) is 0 Å². The second-order valence-corrected chi connectivity index (χ2v) is 2.61. The zero-order chi connectivity index (χ0) is 8.97. The maximum Gasteiger partial charge on any atom is 0.333 e. The quantitative estimate of drug-likeness (QED) is 0.268. The normalized spacial score (nSPS) is 22.9. The van der Waals surface area contributed by atoms with Crippen LogP contribution in [0.3, 0.4) is 0 Å². The lowest BCUT2D eigenvalue weighted by molar-refractivity contribution is -0.143. The monoisotopic (exact) mass is 172 g/mol. The maximum atomic E-state index is 10.8. The predicted octanol–water partition coefficient (Wildman–Crippen LogP) is 0.479. The summed E-state index contributed by atoms with van der Waals surface area (Å²) in [5.41, 5.74) is 0.515. The van der Waals surface area contributed by atoms with Crippen molar-refractivity contribution in [1.29, 1.82) is 0 Å². The average molecular weight is 172 g/mol. The van der Waals surface area contributed by atoms with E-state index in [2.05, 4.69) is 11.3 Å². The Morgan fingerprint density at radius 1 is 1.75 bits per heavy atom. The average Bonchev–Trinajstić information content (AvgIpc) is 2.32. The summed E-state index contributed by atoms with van der Waals surface area (Å²) < 4.78 is 14.6.